The Hall–Kier alpha value is -3.18. The van der Waals surface area contributed by atoms with Crippen LogP contribution in [-0.2, 0) is 0 Å². The first kappa shape index (κ1) is 16.3. The number of rotatable bonds is 3. The average Bonchev–Trinajstić information content (AvgIpc) is 3.05. The molecule has 128 valence electrons. The molecule has 4 aromatic rings. The Kier molecular flexibility index (Phi) is 4.14. The maximum absolute atomic E-state index is 12.5. The summed E-state index contributed by atoms with van der Waals surface area (Å²) in [6.07, 6.45) is 0. The minimum atomic E-state index is -0.217. The van der Waals surface area contributed by atoms with Crippen LogP contribution in [-0.4, -0.2) is 20.9 Å². The van der Waals surface area contributed by atoms with Gasteiger partial charge in [0.25, 0.3) is 5.91 Å². The summed E-state index contributed by atoms with van der Waals surface area (Å²) in [6, 6.07) is 20.3. The summed E-state index contributed by atoms with van der Waals surface area (Å²) in [5.74, 6) is -0.217. The number of para-hydroxylation sites is 1. The minimum Gasteiger partial charge on any atom is -0.322 e. The molecule has 1 heterocycles. The van der Waals surface area contributed by atoms with Crippen molar-refractivity contribution in [3.8, 4) is 5.69 Å². The molecule has 4 rings (SSSR count). The van der Waals surface area contributed by atoms with Gasteiger partial charge in [0, 0.05) is 16.3 Å². The molecule has 0 spiro atoms. The van der Waals surface area contributed by atoms with Gasteiger partial charge >= 0.3 is 0 Å². The van der Waals surface area contributed by atoms with E-state index >= 15 is 0 Å². The lowest BCUT2D eigenvalue weighted by Gasteiger charge is -2.08. The van der Waals surface area contributed by atoms with Crippen LogP contribution >= 0.6 is 11.6 Å². The van der Waals surface area contributed by atoms with Gasteiger partial charge in [0.15, 0.2) is 0 Å². The van der Waals surface area contributed by atoms with E-state index in [4.69, 9.17) is 11.6 Å². The van der Waals surface area contributed by atoms with Crippen molar-refractivity contribution < 1.29 is 4.79 Å². The van der Waals surface area contributed by atoms with Gasteiger partial charge < -0.3 is 5.32 Å². The molecular weight excluding hydrogens is 348 g/mol. The number of hydrogen-bond donors (Lipinski definition) is 1. The van der Waals surface area contributed by atoms with Crippen molar-refractivity contribution in [1.29, 1.82) is 0 Å². The van der Waals surface area contributed by atoms with Crippen LogP contribution in [0.1, 0.15) is 15.9 Å². The highest BCUT2D eigenvalue weighted by Crippen LogP contribution is 2.23. The Morgan fingerprint density at radius 3 is 2.42 bits per heavy atom. The van der Waals surface area contributed by atoms with Gasteiger partial charge in [-0.1, -0.05) is 35.9 Å². The van der Waals surface area contributed by atoms with Crippen molar-refractivity contribution >= 4 is 34.2 Å². The van der Waals surface area contributed by atoms with Crippen LogP contribution in [0, 0.1) is 6.92 Å². The summed E-state index contributed by atoms with van der Waals surface area (Å²) in [7, 11) is 0. The normalized spacial score (nSPS) is 10.8. The Labute approximate surface area is 155 Å². The zero-order valence-corrected chi connectivity index (χ0v) is 14.7. The van der Waals surface area contributed by atoms with E-state index in [9.17, 15) is 4.79 Å². The third-order valence-corrected chi connectivity index (χ3v) is 4.28. The molecule has 0 saturated carbocycles. The number of halogens is 1. The fourth-order valence-electron chi connectivity index (χ4n) is 2.70. The molecule has 0 bridgehead atoms. The first-order chi connectivity index (χ1) is 12.6. The Morgan fingerprint density at radius 2 is 1.69 bits per heavy atom. The van der Waals surface area contributed by atoms with Crippen molar-refractivity contribution in [2.24, 2.45) is 0 Å². The fourth-order valence-corrected chi connectivity index (χ4v) is 2.89. The van der Waals surface area contributed by atoms with Gasteiger partial charge in [-0.2, -0.15) is 4.80 Å². The molecular formula is C20H15ClN4O. The number of amides is 1. The van der Waals surface area contributed by atoms with Crippen molar-refractivity contribution in [3.63, 3.8) is 0 Å². The number of carbonyl (C=O) groups is 1. The maximum Gasteiger partial charge on any atom is 0.255 e. The van der Waals surface area contributed by atoms with Crippen molar-refractivity contribution in [3.05, 3.63) is 82.9 Å². The molecule has 1 aromatic heterocycles. The first-order valence-corrected chi connectivity index (χ1v) is 8.48. The van der Waals surface area contributed by atoms with Gasteiger partial charge in [-0.3, -0.25) is 4.79 Å². The second-order valence-electron chi connectivity index (χ2n) is 5.95. The third-order valence-electron chi connectivity index (χ3n) is 4.05. The lowest BCUT2D eigenvalue weighted by atomic mass is 10.1. The van der Waals surface area contributed by atoms with E-state index in [-0.39, 0.29) is 5.91 Å². The van der Waals surface area contributed by atoms with Crippen molar-refractivity contribution in [2.45, 2.75) is 6.92 Å². The van der Waals surface area contributed by atoms with E-state index in [1.54, 1.807) is 29.1 Å². The number of aromatic nitrogens is 3. The van der Waals surface area contributed by atoms with Gasteiger partial charge in [-0.25, -0.2) is 0 Å². The van der Waals surface area contributed by atoms with Gasteiger partial charge in [-0.15, -0.1) is 10.2 Å². The highest BCUT2D eigenvalue weighted by molar-refractivity contribution is 6.31. The zero-order valence-electron chi connectivity index (χ0n) is 14.0. The van der Waals surface area contributed by atoms with E-state index < -0.39 is 0 Å². The van der Waals surface area contributed by atoms with E-state index in [0.717, 1.165) is 16.8 Å². The lowest BCUT2D eigenvalue weighted by Crippen LogP contribution is -2.12. The fraction of sp³-hybridized carbons (Fsp3) is 0.0500. The minimum absolute atomic E-state index is 0.217. The molecule has 0 saturated heterocycles. The predicted molar refractivity (Wildman–Crippen MR) is 103 cm³/mol. The summed E-state index contributed by atoms with van der Waals surface area (Å²) in [5, 5.41) is 12.5. The van der Waals surface area contributed by atoms with Crippen LogP contribution in [0.15, 0.2) is 66.7 Å². The molecule has 0 unspecified atom stereocenters. The number of fused-ring (bicyclic) bond motifs is 1. The summed E-state index contributed by atoms with van der Waals surface area (Å²) in [4.78, 5) is 14.1. The van der Waals surface area contributed by atoms with E-state index in [2.05, 4.69) is 15.5 Å². The Balaban J connectivity index is 1.67. The monoisotopic (exact) mass is 362 g/mol. The van der Waals surface area contributed by atoms with E-state index in [1.807, 2.05) is 49.4 Å². The number of nitrogens with zero attached hydrogens (tertiary/aromatic N) is 3. The van der Waals surface area contributed by atoms with Gasteiger partial charge in [0.1, 0.15) is 11.0 Å². The van der Waals surface area contributed by atoms with Crippen molar-refractivity contribution in [1.82, 2.24) is 15.0 Å². The lowest BCUT2D eigenvalue weighted by molar-refractivity contribution is 0.102. The summed E-state index contributed by atoms with van der Waals surface area (Å²) < 4.78 is 0. The molecule has 0 fully saturated rings. The second-order valence-corrected chi connectivity index (χ2v) is 6.38. The summed E-state index contributed by atoms with van der Waals surface area (Å²) in [6.45, 7) is 1.93. The van der Waals surface area contributed by atoms with Gasteiger partial charge in [0.2, 0.25) is 0 Å². The smallest absolute Gasteiger partial charge is 0.255 e. The molecule has 5 nitrogen and oxygen atoms in total. The number of aryl methyl sites for hydroxylation is 1. The molecule has 6 heteroatoms. The molecule has 0 aliphatic rings. The molecule has 26 heavy (non-hydrogen) atoms. The molecule has 1 amide bonds. The summed E-state index contributed by atoms with van der Waals surface area (Å²) >= 11 is 5.96. The second kappa shape index (κ2) is 6.61. The quantitative estimate of drug-likeness (QED) is 0.577. The van der Waals surface area contributed by atoms with Crippen LogP contribution < -0.4 is 5.32 Å². The number of benzene rings is 3. The molecule has 0 aliphatic heterocycles. The average molecular weight is 363 g/mol. The Bertz CT molecular complexity index is 1110. The highest BCUT2D eigenvalue weighted by atomic mass is 35.5. The standard InChI is InChI=1S/C20H15ClN4O/c1-13-10-18-19(24-25(23-18)16-8-3-2-4-9-16)12-17(13)22-20(26)14-6-5-7-15(21)11-14/h2-12H,1H3,(H,22,26). The molecule has 3 aromatic carbocycles. The largest absolute Gasteiger partial charge is 0.322 e. The van der Waals surface area contributed by atoms with Crippen LogP contribution in [0.2, 0.25) is 5.02 Å². The number of hydrogen-bond acceptors (Lipinski definition) is 3. The number of nitrogens with one attached hydrogen (secondary N) is 1. The van der Waals surface area contributed by atoms with E-state index in [1.165, 1.54) is 0 Å². The predicted octanol–water partition coefficient (Wildman–Crippen LogP) is 4.63. The maximum atomic E-state index is 12.5. The van der Waals surface area contributed by atoms with Crippen LogP contribution in [0.4, 0.5) is 5.69 Å². The number of anilines is 1. The zero-order chi connectivity index (χ0) is 18.1. The van der Waals surface area contributed by atoms with Gasteiger partial charge in [-0.05, 0) is 55.0 Å². The molecule has 1 N–H and O–H groups in total. The molecule has 0 aliphatic carbocycles. The van der Waals surface area contributed by atoms with Crippen LogP contribution in [0.5, 0.6) is 0 Å². The summed E-state index contributed by atoms with van der Waals surface area (Å²) in [5.41, 5.74) is 4.47. The SMILES string of the molecule is Cc1cc2nn(-c3ccccc3)nc2cc1NC(=O)c1cccc(Cl)c1. The number of carbonyl (C=O) groups excluding carboxylic acids is 1. The highest BCUT2D eigenvalue weighted by Gasteiger charge is 2.12. The van der Waals surface area contributed by atoms with Crippen molar-refractivity contribution in [2.75, 3.05) is 5.32 Å². The molecule has 0 radical (unpaired) electrons. The topological polar surface area (TPSA) is 59.8 Å². The van der Waals surface area contributed by atoms with Gasteiger partial charge in [0.05, 0.1) is 5.69 Å². The molecule has 0 atom stereocenters. The van der Waals surface area contributed by atoms with Crippen LogP contribution in [0.25, 0.3) is 16.7 Å². The Morgan fingerprint density at radius 1 is 0.962 bits per heavy atom. The van der Waals surface area contributed by atoms with Crippen LogP contribution in [0.3, 0.4) is 0 Å². The van der Waals surface area contributed by atoms with E-state index in [0.29, 0.717) is 21.8 Å². The third kappa shape index (κ3) is 3.17. The first-order valence-electron chi connectivity index (χ1n) is 8.10.